The number of carbonyl (C=O) groups is 5. The fraction of sp³-hybridized carbons (Fsp3) is 0.302. The summed E-state index contributed by atoms with van der Waals surface area (Å²) in [4.78, 5) is 73.9. The Morgan fingerprint density at radius 1 is 0.698 bits per heavy atom. The first-order chi connectivity index (χ1) is 30.3. The third kappa shape index (κ3) is 11.3. The SMILES string of the molecule is CC(=O)Nc1ccnc2c1ccn2CC(=O)N(CC(=O)NCc1cccc(Cl)c1F)C1CC1.O=C(CN(C(=O)Cn1ncc2c(Cl)ccnc21)C1CC1)NCc1cccc(Cl)c1F. The second kappa shape index (κ2) is 19.9. The van der Waals surface area contributed by atoms with Crippen molar-refractivity contribution in [1.82, 2.24) is 44.7 Å². The second-order valence-corrected chi connectivity index (χ2v) is 16.3. The highest BCUT2D eigenvalue weighted by molar-refractivity contribution is 6.35. The van der Waals surface area contributed by atoms with Gasteiger partial charge in [0.05, 0.1) is 45.4 Å². The first kappa shape index (κ1) is 44.9. The normalized spacial score (nSPS) is 13.2. The molecule has 5 amide bonds. The number of fused-ring (bicyclic) bond motifs is 2. The molecule has 63 heavy (non-hydrogen) atoms. The van der Waals surface area contributed by atoms with E-state index in [1.807, 2.05) is 0 Å². The Kier molecular flexibility index (Phi) is 14.2. The van der Waals surface area contributed by atoms with Crippen LogP contribution in [0.3, 0.4) is 0 Å². The fourth-order valence-corrected chi connectivity index (χ4v) is 7.41. The van der Waals surface area contributed by atoms with Crippen molar-refractivity contribution in [3.05, 3.63) is 117 Å². The molecule has 15 nitrogen and oxygen atoms in total. The van der Waals surface area contributed by atoms with Crippen molar-refractivity contribution in [2.45, 2.75) is 70.9 Å². The standard InChI is InChI=1S/C23H23ClFN5O3.C20H18Cl2FN5O2/c1-14(31)28-19-7-9-26-23-17(19)8-10-29(23)13-21(33)30(16-5-6-16)12-20(32)27-11-15-3-2-4-18(24)22(15)25;21-15-6-7-24-20-14(15)9-26-28(20)11-18(30)27(13-4-5-13)10-17(29)25-8-12-2-1-3-16(22)19(12)23/h2-4,7-10,16H,5-6,11-13H2,1H3,(H,27,32)(H,26,28,31);1-3,6-7,9,13H,4-5,8,10-11H2,(H,25,29). The number of anilines is 1. The summed E-state index contributed by atoms with van der Waals surface area (Å²) in [5, 5.41) is 14.1. The average Bonchev–Trinajstić information content (AvgIpc) is 4.20. The van der Waals surface area contributed by atoms with Gasteiger partial charge >= 0.3 is 0 Å². The largest absolute Gasteiger partial charge is 0.350 e. The Labute approximate surface area is 374 Å². The molecule has 3 N–H and O–H groups in total. The Morgan fingerprint density at radius 2 is 1.24 bits per heavy atom. The van der Waals surface area contributed by atoms with Crippen molar-refractivity contribution in [2.75, 3.05) is 18.4 Å². The van der Waals surface area contributed by atoms with E-state index in [0.717, 1.165) is 31.1 Å². The number of benzene rings is 2. The molecular formula is C43H41Cl3F2N10O5. The van der Waals surface area contributed by atoms with Gasteiger partial charge in [0.1, 0.15) is 30.4 Å². The predicted octanol–water partition coefficient (Wildman–Crippen LogP) is 6.28. The van der Waals surface area contributed by atoms with E-state index in [1.165, 1.54) is 28.6 Å². The zero-order valence-electron chi connectivity index (χ0n) is 33.8. The number of rotatable bonds is 15. The molecule has 0 atom stereocenters. The van der Waals surface area contributed by atoms with Gasteiger partial charge in [-0.3, -0.25) is 24.0 Å². The van der Waals surface area contributed by atoms with E-state index in [9.17, 15) is 32.8 Å². The van der Waals surface area contributed by atoms with Gasteiger partial charge in [0.15, 0.2) is 5.65 Å². The maximum absolute atomic E-state index is 14.0. The van der Waals surface area contributed by atoms with Crippen LogP contribution in [-0.4, -0.2) is 88.8 Å². The van der Waals surface area contributed by atoms with Crippen LogP contribution in [0.5, 0.6) is 0 Å². The maximum atomic E-state index is 14.0. The smallest absolute Gasteiger partial charge is 0.245 e. The van der Waals surface area contributed by atoms with Gasteiger partial charge in [0, 0.05) is 67.2 Å². The molecule has 2 saturated carbocycles. The lowest BCUT2D eigenvalue weighted by Gasteiger charge is -2.22. The number of hydrogen-bond donors (Lipinski definition) is 3. The van der Waals surface area contributed by atoms with Gasteiger partial charge in [-0.05, 0) is 56.0 Å². The van der Waals surface area contributed by atoms with Gasteiger partial charge in [-0.15, -0.1) is 0 Å². The van der Waals surface area contributed by atoms with Gasteiger partial charge in [-0.1, -0.05) is 59.1 Å². The number of carbonyl (C=O) groups excluding carboxylic acids is 5. The lowest BCUT2D eigenvalue weighted by molar-refractivity contribution is -0.137. The molecule has 0 spiro atoms. The molecule has 0 aliphatic heterocycles. The van der Waals surface area contributed by atoms with Gasteiger partial charge in [0.2, 0.25) is 29.5 Å². The summed E-state index contributed by atoms with van der Waals surface area (Å²) >= 11 is 17.7. The van der Waals surface area contributed by atoms with Crippen molar-refractivity contribution in [3.8, 4) is 0 Å². The molecule has 0 radical (unpaired) electrons. The Balaban J connectivity index is 0.000000190. The van der Waals surface area contributed by atoms with Crippen LogP contribution < -0.4 is 16.0 Å². The van der Waals surface area contributed by atoms with E-state index < -0.39 is 11.6 Å². The molecule has 0 saturated heterocycles. The first-order valence-electron chi connectivity index (χ1n) is 19.9. The summed E-state index contributed by atoms with van der Waals surface area (Å²) in [5.74, 6) is -2.54. The number of halogens is 5. The molecule has 2 aliphatic carbocycles. The molecule has 8 rings (SSSR count). The third-order valence-electron chi connectivity index (χ3n) is 10.3. The molecule has 0 bridgehead atoms. The van der Waals surface area contributed by atoms with Crippen molar-refractivity contribution in [1.29, 1.82) is 0 Å². The summed E-state index contributed by atoms with van der Waals surface area (Å²) in [5.41, 5.74) is 2.25. The topological polar surface area (TPSA) is 176 Å². The van der Waals surface area contributed by atoms with E-state index >= 15 is 0 Å². The number of hydrogen-bond acceptors (Lipinski definition) is 8. The van der Waals surface area contributed by atoms with Crippen molar-refractivity contribution in [3.63, 3.8) is 0 Å². The van der Waals surface area contributed by atoms with E-state index in [2.05, 4.69) is 31.0 Å². The predicted molar refractivity (Wildman–Crippen MR) is 233 cm³/mol. The Morgan fingerprint density at radius 3 is 1.79 bits per heavy atom. The lowest BCUT2D eigenvalue weighted by Crippen LogP contribution is -2.43. The first-order valence-corrected chi connectivity index (χ1v) is 21.1. The lowest BCUT2D eigenvalue weighted by atomic mass is 10.2. The highest BCUT2D eigenvalue weighted by atomic mass is 35.5. The minimum Gasteiger partial charge on any atom is -0.350 e. The monoisotopic (exact) mass is 920 g/mol. The number of nitrogens with one attached hydrogen (secondary N) is 3. The summed E-state index contributed by atoms with van der Waals surface area (Å²) in [6.07, 6.45) is 9.75. The minimum atomic E-state index is -0.569. The van der Waals surface area contributed by atoms with Gasteiger partial charge in [-0.25, -0.2) is 23.4 Å². The molecule has 2 aromatic carbocycles. The fourth-order valence-electron chi connectivity index (χ4n) is 6.83. The number of pyridine rings is 2. The van der Waals surface area contributed by atoms with Crippen LogP contribution in [0.4, 0.5) is 14.5 Å². The average molecular weight is 922 g/mol. The van der Waals surface area contributed by atoms with Crippen LogP contribution in [0.15, 0.2) is 79.4 Å². The van der Waals surface area contributed by atoms with Crippen LogP contribution in [0, 0.1) is 11.6 Å². The van der Waals surface area contributed by atoms with Crippen LogP contribution in [0.1, 0.15) is 43.7 Å². The zero-order chi connectivity index (χ0) is 44.8. The van der Waals surface area contributed by atoms with Crippen LogP contribution >= 0.6 is 34.8 Å². The molecular weight excluding hydrogens is 881 g/mol. The van der Waals surface area contributed by atoms with E-state index in [1.54, 1.807) is 76.7 Å². The molecule has 4 aromatic heterocycles. The van der Waals surface area contributed by atoms with E-state index in [0.29, 0.717) is 27.4 Å². The van der Waals surface area contributed by atoms with Crippen molar-refractivity contribution in [2.24, 2.45) is 0 Å². The quantitative estimate of drug-likeness (QED) is 0.108. The van der Waals surface area contributed by atoms with Crippen LogP contribution in [0.25, 0.3) is 22.1 Å². The highest BCUT2D eigenvalue weighted by Gasteiger charge is 2.35. The molecule has 2 aliphatic rings. The maximum Gasteiger partial charge on any atom is 0.245 e. The molecule has 20 heteroatoms. The third-order valence-corrected chi connectivity index (χ3v) is 11.2. The van der Waals surface area contributed by atoms with E-state index in [4.69, 9.17) is 34.8 Å². The minimum absolute atomic E-state index is 0.00306. The summed E-state index contributed by atoms with van der Waals surface area (Å²) in [6.45, 7) is 1.12. The molecule has 0 unspecified atom stereocenters. The van der Waals surface area contributed by atoms with Crippen LogP contribution in [0.2, 0.25) is 15.1 Å². The number of nitrogens with zero attached hydrogens (tertiary/aromatic N) is 7. The van der Waals surface area contributed by atoms with Crippen LogP contribution in [-0.2, 0) is 50.2 Å². The van der Waals surface area contributed by atoms with Gasteiger partial charge in [0.25, 0.3) is 0 Å². The molecule has 2 fully saturated rings. The number of aromatic nitrogens is 5. The van der Waals surface area contributed by atoms with Gasteiger partial charge < -0.3 is 30.3 Å². The Bertz CT molecular complexity index is 2700. The summed E-state index contributed by atoms with van der Waals surface area (Å²) in [7, 11) is 0. The number of amides is 5. The van der Waals surface area contributed by atoms with Gasteiger partial charge in [-0.2, -0.15) is 5.10 Å². The zero-order valence-corrected chi connectivity index (χ0v) is 36.1. The molecule has 4 heterocycles. The second-order valence-electron chi connectivity index (χ2n) is 15.0. The molecule has 328 valence electrons. The summed E-state index contributed by atoms with van der Waals surface area (Å²) in [6, 6.07) is 14.4. The van der Waals surface area contributed by atoms with E-state index in [-0.39, 0.29) is 102 Å². The Hall–Kier alpha value is -6.17. The van der Waals surface area contributed by atoms with Crippen molar-refractivity contribution >= 4 is 92.1 Å². The molecule has 6 aromatic rings. The highest BCUT2D eigenvalue weighted by Crippen LogP contribution is 2.29. The summed E-state index contributed by atoms with van der Waals surface area (Å²) < 4.78 is 31.2. The van der Waals surface area contributed by atoms with Crippen molar-refractivity contribution < 1.29 is 32.8 Å².